The number of benzene rings is 2. The number of halogens is 1. The Bertz CT molecular complexity index is 1320. The lowest BCUT2D eigenvalue weighted by Crippen LogP contribution is -2.51. The number of nitrogens with zero attached hydrogens (tertiary/aromatic N) is 3. The zero-order valence-electron chi connectivity index (χ0n) is 19.7. The van der Waals surface area contributed by atoms with E-state index in [2.05, 4.69) is 4.98 Å². The second-order valence-electron chi connectivity index (χ2n) is 8.48. The highest BCUT2D eigenvalue weighted by atomic mass is 35.5. The first-order valence-corrected chi connectivity index (χ1v) is 13.3. The van der Waals surface area contributed by atoms with Crippen LogP contribution in [-0.4, -0.2) is 60.7 Å². The number of carbonyl (C=O) groups excluding carboxylic acids is 2. The summed E-state index contributed by atoms with van der Waals surface area (Å²) in [5.74, 6) is -0.627. The molecule has 1 aromatic heterocycles. The molecule has 0 bridgehead atoms. The van der Waals surface area contributed by atoms with Crippen molar-refractivity contribution in [3.63, 3.8) is 0 Å². The van der Waals surface area contributed by atoms with Crippen LogP contribution in [0, 0.1) is 0 Å². The Labute approximate surface area is 215 Å². The van der Waals surface area contributed by atoms with Crippen molar-refractivity contribution in [3.8, 4) is 0 Å². The summed E-state index contributed by atoms with van der Waals surface area (Å²) in [5, 5.41) is 0.436. The maximum absolute atomic E-state index is 13.8. The molecule has 2 heterocycles. The number of hydrogen-bond acceptors (Lipinski definition) is 6. The molecule has 2 aromatic carbocycles. The fraction of sp³-hybridized carbons (Fsp3) is 0.269. The molecule has 188 valence electrons. The molecule has 10 heteroatoms. The van der Waals surface area contributed by atoms with Crippen LogP contribution in [-0.2, 0) is 21.3 Å². The van der Waals surface area contributed by atoms with Crippen LogP contribution < -0.4 is 0 Å². The second-order valence-corrected chi connectivity index (χ2v) is 10.8. The fourth-order valence-electron chi connectivity index (χ4n) is 4.25. The van der Waals surface area contributed by atoms with Crippen molar-refractivity contribution in [1.82, 2.24) is 14.2 Å². The highest BCUT2D eigenvalue weighted by Gasteiger charge is 2.36. The highest BCUT2D eigenvalue weighted by molar-refractivity contribution is 7.89. The number of methoxy groups -OCH3 is 1. The van der Waals surface area contributed by atoms with Crippen LogP contribution in [0.25, 0.3) is 0 Å². The van der Waals surface area contributed by atoms with Crippen molar-refractivity contribution in [2.75, 3.05) is 20.2 Å². The first-order chi connectivity index (χ1) is 17.3. The number of carbonyl (C=O) groups is 2. The zero-order valence-corrected chi connectivity index (χ0v) is 21.3. The minimum Gasteiger partial charge on any atom is -0.465 e. The molecule has 1 amide bonds. The predicted octanol–water partition coefficient (Wildman–Crippen LogP) is 4.02. The van der Waals surface area contributed by atoms with Crippen molar-refractivity contribution in [1.29, 1.82) is 0 Å². The Morgan fingerprint density at radius 1 is 1.03 bits per heavy atom. The van der Waals surface area contributed by atoms with Gasteiger partial charge in [-0.2, -0.15) is 4.31 Å². The minimum absolute atomic E-state index is 0.0777. The van der Waals surface area contributed by atoms with E-state index < -0.39 is 22.0 Å². The van der Waals surface area contributed by atoms with E-state index in [1.54, 1.807) is 53.7 Å². The molecule has 3 aromatic rings. The number of amides is 1. The average molecular weight is 528 g/mol. The van der Waals surface area contributed by atoms with E-state index in [1.807, 2.05) is 0 Å². The SMILES string of the molecule is COC(=O)c1ccc(CN(C2CCCN(C(=O)c3ccncc3)C2)S(=O)(=O)c2ccc(Cl)cc2)cc1. The molecule has 0 aliphatic carbocycles. The van der Waals surface area contributed by atoms with Gasteiger partial charge in [0.05, 0.1) is 17.6 Å². The van der Waals surface area contributed by atoms with Crippen molar-refractivity contribution < 1.29 is 22.7 Å². The number of sulfonamides is 1. The van der Waals surface area contributed by atoms with Gasteiger partial charge in [0.25, 0.3) is 5.91 Å². The lowest BCUT2D eigenvalue weighted by molar-refractivity contribution is 0.0600. The molecule has 1 saturated heterocycles. The Balaban J connectivity index is 1.65. The normalized spacial score (nSPS) is 16.1. The van der Waals surface area contributed by atoms with Gasteiger partial charge in [0.1, 0.15) is 0 Å². The van der Waals surface area contributed by atoms with E-state index in [4.69, 9.17) is 16.3 Å². The summed E-state index contributed by atoms with van der Waals surface area (Å²) < 4.78 is 33.8. The van der Waals surface area contributed by atoms with E-state index in [-0.39, 0.29) is 23.9 Å². The van der Waals surface area contributed by atoms with Gasteiger partial charge in [0, 0.05) is 48.7 Å². The van der Waals surface area contributed by atoms with E-state index in [0.29, 0.717) is 41.1 Å². The highest BCUT2D eigenvalue weighted by Crippen LogP contribution is 2.27. The lowest BCUT2D eigenvalue weighted by Gasteiger charge is -2.38. The molecule has 1 aliphatic heterocycles. The van der Waals surface area contributed by atoms with Crippen molar-refractivity contribution in [2.24, 2.45) is 0 Å². The average Bonchev–Trinajstić information content (AvgIpc) is 2.92. The number of piperidine rings is 1. The third kappa shape index (κ3) is 5.75. The molecule has 0 N–H and O–H groups in total. The number of pyridine rings is 1. The predicted molar refractivity (Wildman–Crippen MR) is 135 cm³/mol. The number of rotatable bonds is 7. The second kappa shape index (κ2) is 11.2. The lowest BCUT2D eigenvalue weighted by atomic mass is 10.0. The molecule has 0 saturated carbocycles. The van der Waals surface area contributed by atoms with Gasteiger partial charge in [-0.05, 0) is 66.9 Å². The van der Waals surface area contributed by atoms with Crippen LogP contribution in [0.15, 0.2) is 78.0 Å². The van der Waals surface area contributed by atoms with E-state index in [0.717, 1.165) is 0 Å². The van der Waals surface area contributed by atoms with Gasteiger partial charge in [0.2, 0.25) is 10.0 Å². The smallest absolute Gasteiger partial charge is 0.337 e. The largest absolute Gasteiger partial charge is 0.465 e. The number of aromatic nitrogens is 1. The Hall–Kier alpha value is -3.27. The summed E-state index contributed by atoms with van der Waals surface area (Å²) in [7, 11) is -2.62. The van der Waals surface area contributed by atoms with Gasteiger partial charge in [-0.25, -0.2) is 13.2 Å². The van der Waals surface area contributed by atoms with E-state index in [1.165, 1.54) is 35.7 Å². The monoisotopic (exact) mass is 527 g/mol. The summed E-state index contributed by atoms with van der Waals surface area (Å²) in [4.78, 5) is 30.7. The first kappa shape index (κ1) is 25.8. The Morgan fingerprint density at radius 2 is 1.69 bits per heavy atom. The van der Waals surface area contributed by atoms with Gasteiger partial charge in [-0.15, -0.1) is 0 Å². The molecular formula is C26H26ClN3O5S. The number of ether oxygens (including phenoxy) is 1. The summed E-state index contributed by atoms with van der Waals surface area (Å²) in [5.41, 5.74) is 1.59. The molecular weight excluding hydrogens is 502 g/mol. The topological polar surface area (TPSA) is 96.9 Å². The maximum Gasteiger partial charge on any atom is 0.337 e. The molecule has 36 heavy (non-hydrogen) atoms. The summed E-state index contributed by atoms with van der Waals surface area (Å²) >= 11 is 5.99. The van der Waals surface area contributed by atoms with Crippen molar-refractivity contribution in [3.05, 3.63) is 94.8 Å². The molecule has 0 spiro atoms. The van der Waals surface area contributed by atoms with Crippen molar-refractivity contribution >= 4 is 33.5 Å². The Morgan fingerprint density at radius 3 is 2.33 bits per heavy atom. The van der Waals surface area contributed by atoms with Gasteiger partial charge in [-0.1, -0.05) is 23.7 Å². The van der Waals surface area contributed by atoms with E-state index in [9.17, 15) is 18.0 Å². The molecule has 1 aliphatic rings. The maximum atomic E-state index is 13.8. The Kier molecular flexibility index (Phi) is 8.03. The molecule has 4 rings (SSSR count). The summed E-state index contributed by atoms with van der Waals surface area (Å²) in [6, 6.07) is 15.5. The standard InChI is InChI=1S/C26H26ClN3O5S/c1-35-26(32)21-6-4-19(5-7-21)17-30(36(33,34)24-10-8-22(27)9-11-24)23-3-2-16-29(18-23)25(31)20-12-14-28-15-13-20/h4-15,23H,2-3,16-18H2,1H3. The third-order valence-corrected chi connectivity index (χ3v) is 8.32. The molecule has 1 atom stereocenters. The van der Waals surface area contributed by atoms with Crippen LogP contribution >= 0.6 is 11.6 Å². The fourth-order valence-corrected chi connectivity index (χ4v) is 6.01. The first-order valence-electron chi connectivity index (χ1n) is 11.4. The molecule has 1 fully saturated rings. The van der Waals surface area contributed by atoms with Crippen molar-refractivity contribution in [2.45, 2.75) is 30.3 Å². The number of hydrogen-bond donors (Lipinski definition) is 0. The quantitative estimate of drug-likeness (QED) is 0.431. The minimum atomic E-state index is -3.93. The van der Waals surface area contributed by atoms with E-state index >= 15 is 0 Å². The number of likely N-dealkylation sites (tertiary alicyclic amines) is 1. The van der Waals surface area contributed by atoms with Crippen LogP contribution in [0.2, 0.25) is 5.02 Å². The van der Waals surface area contributed by atoms with Gasteiger partial charge in [-0.3, -0.25) is 9.78 Å². The zero-order chi connectivity index (χ0) is 25.7. The summed E-state index contributed by atoms with van der Waals surface area (Å²) in [6.45, 7) is 0.878. The van der Waals surface area contributed by atoms with Gasteiger partial charge < -0.3 is 9.64 Å². The molecule has 0 radical (unpaired) electrons. The third-order valence-electron chi connectivity index (χ3n) is 6.15. The molecule has 1 unspecified atom stereocenters. The van der Waals surface area contributed by atoms with Gasteiger partial charge in [0.15, 0.2) is 0 Å². The van der Waals surface area contributed by atoms with Gasteiger partial charge >= 0.3 is 5.97 Å². The molecule has 8 nitrogen and oxygen atoms in total. The van der Waals surface area contributed by atoms with Crippen LogP contribution in [0.5, 0.6) is 0 Å². The van der Waals surface area contributed by atoms with Crippen LogP contribution in [0.3, 0.4) is 0 Å². The summed E-state index contributed by atoms with van der Waals surface area (Å²) in [6.07, 6.45) is 4.39. The number of esters is 1. The van der Waals surface area contributed by atoms with Crippen LogP contribution in [0.1, 0.15) is 39.1 Å². The van der Waals surface area contributed by atoms with Crippen LogP contribution in [0.4, 0.5) is 0 Å².